The number of aromatic amines is 1. The minimum absolute atomic E-state index is 0.0837. The highest BCUT2D eigenvalue weighted by molar-refractivity contribution is 7.92. The second kappa shape index (κ2) is 7.28. The summed E-state index contributed by atoms with van der Waals surface area (Å²) in [7, 11) is -2.19. The molecule has 1 aromatic heterocycles. The van der Waals surface area contributed by atoms with Crippen LogP contribution in [0.15, 0.2) is 83.9 Å². The van der Waals surface area contributed by atoms with Crippen molar-refractivity contribution in [2.45, 2.75) is 5.03 Å². The summed E-state index contributed by atoms with van der Waals surface area (Å²) in [6.45, 7) is 0. The van der Waals surface area contributed by atoms with Crippen LogP contribution < -0.4 is 14.2 Å². The van der Waals surface area contributed by atoms with Crippen molar-refractivity contribution < 1.29 is 17.9 Å². The van der Waals surface area contributed by atoms with Crippen molar-refractivity contribution in [2.75, 3.05) is 11.8 Å². The van der Waals surface area contributed by atoms with E-state index in [4.69, 9.17) is 9.47 Å². The van der Waals surface area contributed by atoms with E-state index in [2.05, 4.69) is 9.71 Å². The van der Waals surface area contributed by atoms with E-state index < -0.39 is 10.0 Å². The molecule has 2 N–H and O–H groups in total. The van der Waals surface area contributed by atoms with Crippen LogP contribution in [0.2, 0.25) is 0 Å². The van der Waals surface area contributed by atoms with Gasteiger partial charge in [-0.15, -0.1) is 0 Å². The molecule has 0 aliphatic rings. The minimum Gasteiger partial charge on any atom is -0.497 e. The number of rotatable bonds is 6. The monoisotopic (exact) mass is 394 g/mol. The topological polar surface area (TPSA) is 80.4 Å². The van der Waals surface area contributed by atoms with Crippen LogP contribution in [0.3, 0.4) is 0 Å². The molecule has 1 heterocycles. The first-order valence-corrected chi connectivity index (χ1v) is 10.0. The molecule has 3 aromatic carbocycles. The van der Waals surface area contributed by atoms with E-state index in [1.54, 1.807) is 55.6 Å². The van der Waals surface area contributed by atoms with E-state index in [-0.39, 0.29) is 5.03 Å². The van der Waals surface area contributed by atoms with Gasteiger partial charge in [0.25, 0.3) is 10.0 Å². The second-order valence-corrected chi connectivity index (χ2v) is 7.78. The third-order valence-corrected chi connectivity index (χ3v) is 5.48. The molecule has 0 saturated carbocycles. The summed E-state index contributed by atoms with van der Waals surface area (Å²) in [5, 5.41) is 0.840. The van der Waals surface area contributed by atoms with Crippen LogP contribution in [0.25, 0.3) is 10.9 Å². The average molecular weight is 394 g/mol. The van der Waals surface area contributed by atoms with Crippen LogP contribution >= 0.6 is 0 Å². The lowest BCUT2D eigenvalue weighted by Gasteiger charge is -2.08. The molecule has 0 aliphatic carbocycles. The maximum atomic E-state index is 12.7. The van der Waals surface area contributed by atoms with Crippen molar-refractivity contribution in [1.29, 1.82) is 0 Å². The predicted octanol–water partition coefficient (Wildman–Crippen LogP) is 4.77. The largest absolute Gasteiger partial charge is 0.497 e. The maximum Gasteiger partial charge on any atom is 0.277 e. The Morgan fingerprint density at radius 2 is 1.50 bits per heavy atom. The Kier molecular flexibility index (Phi) is 4.67. The quantitative estimate of drug-likeness (QED) is 0.494. The van der Waals surface area contributed by atoms with Gasteiger partial charge < -0.3 is 14.5 Å². The standard InChI is InChI=1S/C21H18N2O4S/c1-26-19-11-12-20-15(13-19)14-21(22-20)28(24,25)23-16-7-9-18(10-8-16)27-17-5-3-2-4-6-17/h2-14,22-23H,1H3. The van der Waals surface area contributed by atoms with Gasteiger partial charge >= 0.3 is 0 Å². The molecule has 0 atom stereocenters. The van der Waals surface area contributed by atoms with Gasteiger partial charge in [0.05, 0.1) is 7.11 Å². The van der Waals surface area contributed by atoms with Gasteiger partial charge in [-0.3, -0.25) is 4.72 Å². The molecular formula is C21H18N2O4S. The fourth-order valence-corrected chi connectivity index (χ4v) is 3.86. The SMILES string of the molecule is COc1ccc2[nH]c(S(=O)(=O)Nc3ccc(Oc4ccccc4)cc3)cc2c1. The summed E-state index contributed by atoms with van der Waals surface area (Å²) >= 11 is 0. The van der Waals surface area contributed by atoms with Crippen molar-refractivity contribution in [3.05, 3.63) is 78.9 Å². The van der Waals surface area contributed by atoms with Crippen LogP contribution in [0, 0.1) is 0 Å². The number of hydrogen-bond acceptors (Lipinski definition) is 4. The number of anilines is 1. The van der Waals surface area contributed by atoms with Crippen LogP contribution in [0.5, 0.6) is 17.2 Å². The first-order chi connectivity index (χ1) is 13.5. The number of nitrogens with one attached hydrogen (secondary N) is 2. The Morgan fingerprint density at radius 1 is 0.821 bits per heavy atom. The van der Waals surface area contributed by atoms with Crippen molar-refractivity contribution in [1.82, 2.24) is 4.98 Å². The zero-order valence-electron chi connectivity index (χ0n) is 15.0. The fraction of sp³-hybridized carbons (Fsp3) is 0.0476. The first kappa shape index (κ1) is 17.9. The number of fused-ring (bicyclic) bond motifs is 1. The third-order valence-electron chi connectivity index (χ3n) is 4.18. The lowest BCUT2D eigenvalue weighted by atomic mass is 10.2. The van der Waals surface area contributed by atoms with E-state index in [1.165, 1.54) is 0 Å². The maximum absolute atomic E-state index is 12.7. The number of ether oxygens (including phenoxy) is 2. The predicted molar refractivity (Wildman–Crippen MR) is 109 cm³/mol. The van der Waals surface area contributed by atoms with Crippen molar-refractivity contribution in [3.63, 3.8) is 0 Å². The molecule has 6 nitrogen and oxygen atoms in total. The molecule has 0 unspecified atom stereocenters. The molecule has 0 amide bonds. The Morgan fingerprint density at radius 3 is 2.21 bits per heavy atom. The zero-order valence-corrected chi connectivity index (χ0v) is 15.9. The normalized spacial score (nSPS) is 11.3. The Balaban J connectivity index is 1.52. The highest BCUT2D eigenvalue weighted by Crippen LogP contribution is 2.26. The summed E-state index contributed by atoms with van der Waals surface area (Å²) in [6.07, 6.45) is 0. The molecule has 4 rings (SSSR count). The van der Waals surface area contributed by atoms with E-state index in [0.717, 1.165) is 5.39 Å². The van der Waals surface area contributed by atoms with Gasteiger partial charge in [-0.2, -0.15) is 8.42 Å². The Bertz CT molecular complexity index is 1200. The summed E-state index contributed by atoms with van der Waals surface area (Å²) in [6, 6.07) is 23.0. The summed E-state index contributed by atoms with van der Waals surface area (Å²) in [4.78, 5) is 2.92. The van der Waals surface area contributed by atoms with Crippen LogP contribution in [-0.2, 0) is 10.0 Å². The summed E-state index contributed by atoms with van der Waals surface area (Å²) < 4.78 is 38.9. The number of para-hydroxylation sites is 1. The molecular weight excluding hydrogens is 376 g/mol. The van der Waals surface area contributed by atoms with Crippen LogP contribution in [0.1, 0.15) is 0 Å². The number of aromatic nitrogens is 1. The van der Waals surface area contributed by atoms with E-state index in [9.17, 15) is 8.42 Å². The third kappa shape index (κ3) is 3.79. The molecule has 0 aliphatic heterocycles. The first-order valence-electron chi connectivity index (χ1n) is 8.56. The van der Waals surface area contributed by atoms with Gasteiger partial charge in [-0.1, -0.05) is 18.2 Å². The molecule has 142 valence electrons. The molecule has 7 heteroatoms. The molecule has 0 bridgehead atoms. The van der Waals surface area contributed by atoms with Crippen molar-refractivity contribution in [2.24, 2.45) is 0 Å². The molecule has 28 heavy (non-hydrogen) atoms. The Labute approximate surface area is 162 Å². The number of benzene rings is 3. The van der Waals surface area contributed by atoms with Gasteiger partial charge in [0, 0.05) is 16.6 Å². The van der Waals surface area contributed by atoms with E-state index >= 15 is 0 Å². The van der Waals surface area contributed by atoms with Gasteiger partial charge in [-0.25, -0.2) is 0 Å². The second-order valence-electron chi connectivity index (χ2n) is 6.13. The van der Waals surface area contributed by atoms with Crippen molar-refractivity contribution >= 4 is 26.6 Å². The van der Waals surface area contributed by atoms with E-state index in [0.29, 0.717) is 28.5 Å². The highest BCUT2D eigenvalue weighted by Gasteiger charge is 2.17. The number of H-pyrrole nitrogens is 1. The fourth-order valence-electron chi connectivity index (χ4n) is 2.78. The van der Waals surface area contributed by atoms with Gasteiger partial charge in [-0.05, 0) is 60.7 Å². The number of hydrogen-bond donors (Lipinski definition) is 2. The highest BCUT2D eigenvalue weighted by atomic mass is 32.2. The number of methoxy groups -OCH3 is 1. The lowest BCUT2D eigenvalue weighted by Crippen LogP contribution is -2.13. The van der Waals surface area contributed by atoms with Gasteiger partial charge in [0.15, 0.2) is 5.03 Å². The average Bonchev–Trinajstić information content (AvgIpc) is 3.14. The molecule has 0 radical (unpaired) electrons. The summed E-state index contributed by atoms with van der Waals surface area (Å²) in [5.41, 5.74) is 1.16. The van der Waals surface area contributed by atoms with Crippen LogP contribution in [0.4, 0.5) is 5.69 Å². The Hall–Kier alpha value is -3.45. The molecule has 0 spiro atoms. The molecule has 0 fully saturated rings. The zero-order chi connectivity index (χ0) is 19.6. The van der Waals surface area contributed by atoms with Gasteiger partial charge in [0.2, 0.25) is 0 Å². The lowest BCUT2D eigenvalue weighted by molar-refractivity contribution is 0.415. The molecule has 0 saturated heterocycles. The van der Waals surface area contributed by atoms with Gasteiger partial charge in [0.1, 0.15) is 17.2 Å². The smallest absolute Gasteiger partial charge is 0.277 e. The number of sulfonamides is 1. The van der Waals surface area contributed by atoms with Crippen LogP contribution in [-0.4, -0.2) is 20.5 Å². The van der Waals surface area contributed by atoms with Crippen molar-refractivity contribution in [3.8, 4) is 17.2 Å². The minimum atomic E-state index is -3.75. The molecule has 4 aromatic rings. The summed E-state index contributed by atoms with van der Waals surface area (Å²) in [5.74, 6) is 1.99. The van der Waals surface area contributed by atoms with E-state index in [1.807, 2.05) is 30.3 Å².